The van der Waals surface area contributed by atoms with Crippen LogP contribution in [0.5, 0.6) is 11.5 Å². The number of ether oxygens (including phenoxy) is 3. The highest BCUT2D eigenvalue weighted by Gasteiger charge is 2.21. The lowest BCUT2D eigenvalue weighted by atomic mass is 10.1. The molecule has 0 aliphatic carbocycles. The quantitative estimate of drug-likeness (QED) is 0.540. The number of hydrogen-bond acceptors (Lipinski definition) is 4. The average Bonchev–Trinajstić information content (AvgIpc) is 2.47. The van der Waals surface area contributed by atoms with E-state index in [4.69, 9.17) is 14.2 Å². The summed E-state index contributed by atoms with van der Waals surface area (Å²) < 4.78 is 15.9. The third-order valence-corrected chi connectivity index (χ3v) is 2.81. The zero-order valence-electron chi connectivity index (χ0n) is 12.3. The molecule has 0 saturated heterocycles. The molecule has 0 bridgehead atoms. The fraction of sp³-hybridized carbons (Fsp3) is 0.438. The summed E-state index contributed by atoms with van der Waals surface area (Å²) in [5, 5.41) is 0. The highest BCUT2D eigenvalue weighted by molar-refractivity contribution is 5.88. The number of methoxy groups -OCH3 is 1. The molecule has 1 aromatic rings. The molecule has 1 unspecified atom stereocenters. The molecule has 0 N–H and O–H groups in total. The topological polar surface area (TPSA) is 44.8 Å². The molecule has 4 nitrogen and oxygen atoms in total. The van der Waals surface area contributed by atoms with Crippen LogP contribution in [-0.2, 0) is 9.53 Å². The smallest absolute Gasteiger partial charge is 0.337 e. The van der Waals surface area contributed by atoms with Gasteiger partial charge in [0.1, 0.15) is 17.6 Å². The molecule has 0 aromatic heterocycles. The molecule has 0 aliphatic heterocycles. The first kappa shape index (κ1) is 16.1. The molecule has 1 rings (SSSR count). The normalized spacial score (nSPS) is 11.6. The van der Waals surface area contributed by atoms with E-state index in [0.29, 0.717) is 24.4 Å². The minimum atomic E-state index is -0.403. The molecule has 110 valence electrons. The lowest BCUT2D eigenvalue weighted by molar-refractivity contribution is -0.139. The van der Waals surface area contributed by atoms with Crippen LogP contribution >= 0.6 is 0 Å². The molecule has 1 atom stereocenters. The van der Waals surface area contributed by atoms with Crippen LogP contribution in [0, 0.1) is 0 Å². The van der Waals surface area contributed by atoms with Gasteiger partial charge in [0.2, 0.25) is 0 Å². The van der Waals surface area contributed by atoms with Crippen LogP contribution in [0.4, 0.5) is 0 Å². The van der Waals surface area contributed by atoms with Crippen LogP contribution in [0.25, 0.3) is 0 Å². The summed E-state index contributed by atoms with van der Waals surface area (Å²) in [7, 11) is 1.61. The van der Waals surface area contributed by atoms with Crippen molar-refractivity contribution in [1.82, 2.24) is 0 Å². The van der Waals surface area contributed by atoms with Crippen LogP contribution in [0.3, 0.4) is 0 Å². The highest BCUT2D eigenvalue weighted by atomic mass is 16.5. The maximum atomic E-state index is 11.7. The predicted molar refractivity (Wildman–Crippen MR) is 78.1 cm³/mol. The standard InChI is InChI=1S/C16H22O4/c1-5-7-15(12(3)16(17)19-6-2)20-14-10-8-13(18-4)9-11-14/h8-11,15H,3,5-7H2,1-2,4H3. The number of carbonyl (C=O) groups is 1. The molecule has 0 fully saturated rings. The van der Waals surface area contributed by atoms with Gasteiger partial charge >= 0.3 is 5.97 Å². The first-order chi connectivity index (χ1) is 9.62. The third-order valence-electron chi connectivity index (χ3n) is 2.81. The molecular formula is C16H22O4. The maximum Gasteiger partial charge on any atom is 0.337 e. The summed E-state index contributed by atoms with van der Waals surface area (Å²) in [5.74, 6) is 1.03. The van der Waals surface area contributed by atoms with Crippen LogP contribution in [-0.4, -0.2) is 25.8 Å². The van der Waals surface area contributed by atoms with Gasteiger partial charge in [0.15, 0.2) is 0 Å². The Bertz CT molecular complexity index is 436. The van der Waals surface area contributed by atoms with Gasteiger partial charge in [-0.1, -0.05) is 19.9 Å². The second-order valence-electron chi connectivity index (χ2n) is 4.32. The summed E-state index contributed by atoms with van der Waals surface area (Å²) in [6, 6.07) is 7.23. The van der Waals surface area contributed by atoms with Gasteiger partial charge in [-0.05, 0) is 37.6 Å². The third kappa shape index (κ3) is 4.61. The summed E-state index contributed by atoms with van der Waals surface area (Å²) in [6.45, 7) is 7.93. The summed E-state index contributed by atoms with van der Waals surface area (Å²) >= 11 is 0. The zero-order chi connectivity index (χ0) is 15.0. The Hall–Kier alpha value is -1.97. The molecule has 0 heterocycles. The van der Waals surface area contributed by atoms with Crippen molar-refractivity contribution < 1.29 is 19.0 Å². The number of hydrogen-bond donors (Lipinski definition) is 0. The van der Waals surface area contributed by atoms with Crippen LogP contribution in [0.2, 0.25) is 0 Å². The van der Waals surface area contributed by atoms with Crippen molar-refractivity contribution in [3.05, 3.63) is 36.4 Å². The maximum absolute atomic E-state index is 11.7. The predicted octanol–water partition coefficient (Wildman–Crippen LogP) is 3.36. The number of carbonyl (C=O) groups excluding carboxylic acids is 1. The number of esters is 1. The van der Waals surface area contributed by atoms with E-state index >= 15 is 0 Å². The van der Waals surface area contributed by atoms with E-state index in [2.05, 4.69) is 6.58 Å². The molecule has 4 heteroatoms. The molecule has 1 aromatic carbocycles. The fourth-order valence-corrected chi connectivity index (χ4v) is 1.74. The summed E-state index contributed by atoms with van der Waals surface area (Å²) in [5.41, 5.74) is 0.351. The lowest BCUT2D eigenvalue weighted by Gasteiger charge is -2.20. The van der Waals surface area contributed by atoms with Crippen molar-refractivity contribution in [2.75, 3.05) is 13.7 Å². The van der Waals surface area contributed by atoms with E-state index in [1.807, 2.05) is 19.1 Å². The van der Waals surface area contributed by atoms with Crippen LogP contribution in [0.15, 0.2) is 36.4 Å². The van der Waals surface area contributed by atoms with Crippen LogP contribution < -0.4 is 9.47 Å². The second-order valence-corrected chi connectivity index (χ2v) is 4.32. The van der Waals surface area contributed by atoms with Crippen molar-refractivity contribution >= 4 is 5.97 Å². The van der Waals surface area contributed by atoms with Crippen molar-refractivity contribution in [3.63, 3.8) is 0 Å². The molecule has 0 amide bonds. The zero-order valence-corrected chi connectivity index (χ0v) is 12.3. The Morgan fingerprint density at radius 2 is 1.80 bits per heavy atom. The number of benzene rings is 1. The van der Waals surface area contributed by atoms with Gasteiger partial charge in [0, 0.05) is 0 Å². The molecule has 0 radical (unpaired) electrons. The Kier molecular flexibility index (Phi) is 6.64. The minimum absolute atomic E-state index is 0.333. The molecule has 0 saturated carbocycles. The second kappa shape index (κ2) is 8.25. The SMILES string of the molecule is C=C(C(=O)OCC)C(CCC)Oc1ccc(OC)cc1. The molecular weight excluding hydrogens is 256 g/mol. The Morgan fingerprint density at radius 1 is 1.20 bits per heavy atom. The fourth-order valence-electron chi connectivity index (χ4n) is 1.74. The van der Waals surface area contributed by atoms with E-state index in [1.165, 1.54) is 0 Å². The van der Waals surface area contributed by atoms with Gasteiger partial charge in [-0.15, -0.1) is 0 Å². The van der Waals surface area contributed by atoms with E-state index < -0.39 is 5.97 Å². The van der Waals surface area contributed by atoms with E-state index in [9.17, 15) is 4.79 Å². The molecule has 0 aliphatic rings. The van der Waals surface area contributed by atoms with Gasteiger partial charge < -0.3 is 14.2 Å². The van der Waals surface area contributed by atoms with Crippen molar-refractivity contribution in [2.45, 2.75) is 32.8 Å². The van der Waals surface area contributed by atoms with Crippen molar-refractivity contribution in [3.8, 4) is 11.5 Å². The van der Waals surface area contributed by atoms with Gasteiger partial charge in [-0.2, -0.15) is 0 Å². The van der Waals surface area contributed by atoms with Gasteiger partial charge in [-0.3, -0.25) is 0 Å². The van der Waals surface area contributed by atoms with E-state index in [-0.39, 0.29) is 6.10 Å². The molecule has 0 spiro atoms. The van der Waals surface area contributed by atoms with Gasteiger partial charge in [-0.25, -0.2) is 4.79 Å². The number of rotatable bonds is 8. The van der Waals surface area contributed by atoms with E-state index in [1.54, 1.807) is 26.2 Å². The van der Waals surface area contributed by atoms with E-state index in [0.717, 1.165) is 12.2 Å². The Morgan fingerprint density at radius 3 is 2.30 bits per heavy atom. The first-order valence-corrected chi connectivity index (χ1v) is 6.79. The van der Waals surface area contributed by atoms with Gasteiger partial charge in [0.05, 0.1) is 19.3 Å². The summed E-state index contributed by atoms with van der Waals surface area (Å²) in [6.07, 6.45) is 1.23. The lowest BCUT2D eigenvalue weighted by Crippen LogP contribution is -2.25. The average molecular weight is 278 g/mol. The van der Waals surface area contributed by atoms with Crippen LogP contribution in [0.1, 0.15) is 26.7 Å². The first-order valence-electron chi connectivity index (χ1n) is 6.79. The summed E-state index contributed by atoms with van der Waals surface area (Å²) in [4.78, 5) is 11.7. The largest absolute Gasteiger partial charge is 0.497 e. The van der Waals surface area contributed by atoms with Crippen molar-refractivity contribution in [2.24, 2.45) is 0 Å². The highest BCUT2D eigenvalue weighted by Crippen LogP contribution is 2.22. The molecule has 20 heavy (non-hydrogen) atoms. The Labute approximate surface area is 120 Å². The van der Waals surface area contributed by atoms with Gasteiger partial charge in [0.25, 0.3) is 0 Å². The Balaban J connectivity index is 2.74. The van der Waals surface area contributed by atoms with Crippen molar-refractivity contribution in [1.29, 1.82) is 0 Å². The minimum Gasteiger partial charge on any atom is -0.497 e. The monoisotopic (exact) mass is 278 g/mol.